The summed E-state index contributed by atoms with van der Waals surface area (Å²) in [4.78, 5) is 26.4. The Balaban J connectivity index is 1.36. The lowest BCUT2D eigenvalue weighted by Gasteiger charge is -2.24. The molecule has 0 aliphatic heterocycles. The Labute approximate surface area is 239 Å². The predicted octanol–water partition coefficient (Wildman–Crippen LogP) is 6.58. The molecule has 4 aromatic carbocycles. The molecule has 0 radical (unpaired) electrons. The van der Waals surface area contributed by atoms with Crippen LogP contribution in [-0.4, -0.2) is 31.3 Å². The Hall–Kier alpha value is -4.68. The molecule has 208 valence electrons. The molecule has 41 heavy (non-hydrogen) atoms. The zero-order chi connectivity index (χ0) is 28.6. The first kappa shape index (κ1) is 27.9. The SMILES string of the molecule is CC(C)NCC(COc1ccc2c(=O)cc(-c3ccccc3)oc2c1)OC(=O)C(c1ccccc1)c1ccccc1. The number of ether oxygens (including phenoxy) is 2. The van der Waals surface area contributed by atoms with Crippen molar-refractivity contribution in [3.05, 3.63) is 137 Å². The number of carbonyl (C=O) groups excluding carboxylic acids is 1. The van der Waals surface area contributed by atoms with E-state index in [1.165, 1.54) is 6.07 Å². The highest BCUT2D eigenvalue weighted by molar-refractivity contribution is 5.82. The number of esters is 1. The van der Waals surface area contributed by atoms with E-state index in [0.717, 1.165) is 16.7 Å². The predicted molar refractivity (Wildman–Crippen MR) is 161 cm³/mol. The number of hydrogen-bond donors (Lipinski definition) is 1. The van der Waals surface area contributed by atoms with Gasteiger partial charge >= 0.3 is 5.97 Å². The van der Waals surface area contributed by atoms with Crippen molar-refractivity contribution in [1.82, 2.24) is 5.32 Å². The second kappa shape index (κ2) is 13.1. The van der Waals surface area contributed by atoms with E-state index in [9.17, 15) is 9.59 Å². The monoisotopic (exact) mass is 547 g/mol. The molecule has 0 aliphatic rings. The Morgan fingerprint density at radius 1 is 0.805 bits per heavy atom. The number of fused-ring (bicyclic) bond motifs is 1. The van der Waals surface area contributed by atoms with Gasteiger partial charge in [-0.05, 0) is 23.3 Å². The highest BCUT2D eigenvalue weighted by Gasteiger charge is 2.27. The highest BCUT2D eigenvalue weighted by Crippen LogP contribution is 2.28. The average molecular weight is 548 g/mol. The molecule has 0 aliphatic carbocycles. The van der Waals surface area contributed by atoms with Crippen molar-refractivity contribution in [2.24, 2.45) is 0 Å². The summed E-state index contributed by atoms with van der Waals surface area (Å²) in [6, 6.07) is 35.6. The molecule has 0 bridgehead atoms. The van der Waals surface area contributed by atoms with Crippen molar-refractivity contribution in [2.45, 2.75) is 31.9 Å². The van der Waals surface area contributed by atoms with Gasteiger partial charge < -0.3 is 19.2 Å². The van der Waals surface area contributed by atoms with Crippen LogP contribution in [0.2, 0.25) is 0 Å². The molecule has 0 saturated carbocycles. The number of benzene rings is 4. The van der Waals surface area contributed by atoms with Gasteiger partial charge in [-0.1, -0.05) is 105 Å². The maximum Gasteiger partial charge on any atom is 0.318 e. The van der Waals surface area contributed by atoms with Gasteiger partial charge in [0.15, 0.2) is 5.43 Å². The maximum atomic E-state index is 13.6. The minimum atomic E-state index is -0.565. The first-order valence-electron chi connectivity index (χ1n) is 13.8. The van der Waals surface area contributed by atoms with Crippen LogP contribution >= 0.6 is 0 Å². The van der Waals surface area contributed by atoms with Crippen LogP contribution in [0.15, 0.2) is 124 Å². The molecule has 6 nitrogen and oxygen atoms in total. The summed E-state index contributed by atoms with van der Waals surface area (Å²) < 4.78 is 18.3. The van der Waals surface area contributed by atoms with Crippen molar-refractivity contribution in [1.29, 1.82) is 0 Å². The van der Waals surface area contributed by atoms with E-state index < -0.39 is 12.0 Å². The molecule has 1 N–H and O–H groups in total. The van der Waals surface area contributed by atoms with E-state index in [1.54, 1.807) is 18.2 Å². The van der Waals surface area contributed by atoms with Crippen molar-refractivity contribution < 1.29 is 18.7 Å². The number of rotatable bonds is 11. The summed E-state index contributed by atoms with van der Waals surface area (Å²) in [5.41, 5.74) is 2.84. The first-order chi connectivity index (χ1) is 20.0. The topological polar surface area (TPSA) is 77.8 Å². The maximum absolute atomic E-state index is 13.6. The van der Waals surface area contributed by atoms with Gasteiger partial charge in [-0.15, -0.1) is 0 Å². The molecule has 1 unspecified atom stereocenters. The van der Waals surface area contributed by atoms with E-state index in [1.807, 2.05) is 105 Å². The van der Waals surface area contributed by atoms with Crippen molar-refractivity contribution in [3.8, 4) is 17.1 Å². The second-order valence-corrected chi connectivity index (χ2v) is 10.2. The number of carbonyl (C=O) groups is 1. The molecule has 0 saturated heterocycles. The van der Waals surface area contributed by atoms with E-state index in [0.29, 0.717) is 29.0 Å². The third-order valence-corrected chi connectivity index (χ3v) is 6.73. The van der Waals surface area contributed by atoms with Gasteiger partial charge in [-0.25, -0.2) is 0 Å². The van der Waals surface area contributed by atoms with Gasteiger partial charge in [0.25, 0.3) is 0 Å². The van der Waals surface area contributed by atoms with Crippen LogP contribution in [0.3, 0.4) is 0 Å². The van der Waals surface area contributed by atoms with Gasteiger partial charge in [0, 0.05) is 30.3 Å². The summed E-state index contributed by atoms with van der Waals surface area (Å²) in [5, 5.41) is 3.82. The standard InChI is InChI=1S/C35H33NO5/c1-24(2)36-22-29(40-35(38)34(26-14-8-4-9-15-26)27-16-10-5-11-17-27)23-39-28-18-19-30-31(37)21-32(41-33(30)20-28)25-12-6-3-7-13-25/h3-21,24,29,34,36H,22-23H2,1-2H3. The van der Waals surface area contributed by atoms with E-state index >= 15 is 0 Å². The third kappa shape index (κ3) is 7.10. The molecule has 6 heteroatoms. The molecule has 5 rings (SSSR count). The minimum Gasteiger partial charge on any atom is -0.490 e. The van der Waals surface area contributed by atoms with E-state index in [2.05, 4.69) is 5.32 Å². The summed E-state index contributed by atoms with van der Waals surface area (Å²) in [6.07, 6.45) is -0.557. The largest absolute Gasteiger partial charge is 0.490 e. The average Bonchev–Trinajstić information content (AvgIpc) is 3.00. The Morgan fingerprint density at radius 2 is 1.41 bits per heavy atom. The van der Waals surface area contributed by atoms with Gasteiger partial charge in [0.1, 0.15) is 35.7 Å². The normalized spacial score (nSPS) is 12.0. The first-order valence-corrected chi connectivity index (χ1v) is 13.8. The molecule has 0 fully saturated rings. The molecule has 0 amide bonds. The minimum absolute atomic E-state index is 0.121. The zero-order valence-corrected chi connectivity index (χ0v) is 23.2. The van der Waals surface area contributed by atoms with Crippen LogP contribution in [0.4, 0.5) is 0 Å². The third-order valence-electron chi connectivity index (χ3n) is 6.73. The molecule has 1 atom stereocenters. The van der Waals surface area contributed by atoms with Gasteiger partial charge in [0.2, 0.25) is 0 Å². The van der Waals surface area contributed by atoms with Gasteiger partial charge in [0.05, 0.1) is 5.39 Å². The Kier molecular flexibility index (Phi) is 8.92. The fourth-order valence-electron chi connectivity index (χ4n) is 4.65. The van der Waals surface area contributed by atoms with E-state index in [-0.39, 0.29) is 24.0 Å². The highest BCUT2D eigenvalue weighted by atomic mass is 16.6. The lowest BCUT2D eigenvalue weighted by Crippen LogP contribution is -2.39. The van der Waals surface area contributed by atoms with Crippen LogP contribution in [-0.2, 0) is 9.53 Å². The van der Waals surface area contributed by atoms with Crippen LogP contribution in [0.1, 0.15) is 30.9 Å². The van der Waals surface area contributed by atoms with Gasteiger partial charge in [-0.2, -0.15) is 0 Å². The Bertz CT molecular complexity index is 1590. The van der Waals surface area contributed by atoms with Crippen LogP contribution < -0.4 is 15.5 Å². The molecule has 1 heterocycles. The molecule has 5 aromatic rings. The second-order valence-electron chi connectivity index (χ2n) is 10.2. The van der Waals surface area contributed by atoms with Crippen molar-refractivity contribution in [3.63, 3.8) is 0 Å². The summed E-state index contributed by atoms with van der Waals surface area (Å²) in [5.74, 6) is 0.0871. The lowest BCUT2D eigenvalue weighted by atomic mass is 9.91. The van der Waals surface area contributed by atoms with Crippen molar-refractivity contribution >= 4 is 16.9 Å². The van der Waals surface area contributed by atoms with Crippen LogP contribution in [0, 0.1) is 0 Å². The molecule has 0 spiro atoms. The van der Waals surface area contributed by atoms with Crippen molar-refractivity contribution in [2.75, 3.05) is 13.2 Å². The lowest BCUT2D eigenvalue weighted by molar-refractivity contribution is -0.151. The summed E-state index contributed by atoms with van der Waals surface area (Å²) in [6.45, 7) is 4.61. The van der Waals surface area contributed by atoms with Crippen LogP contribution in [0.25, 0.3) is 22.3 Å². The quantitative estimate of drug-likeness (QED) is 0.188. The smallest absolute Gasteiger partial charge is 0.318 e. The van der Waals surface area contributed by atoms with E-state index in [4.69, 9.17) is 13.9 Å². The fraction of sp³-hybridized carbons (Fsp3) is 0.200. The Morgan fingerprint density at radius 3 is 2.02 bits per heavy atom. The van der Waals surface area contributed by atoms with Gasteiger partial charge in [-0.3, -0.25) is 9.59 Å². The summed E-state index contributed by atoms with van der Waals surface area (Å²) in [7, 11) is 0. The number of nitrogens with one attached hydrogen (secondary N) is 1. The zero-order valence-electron chi connectivity index (χ0n) is 23.2. The fourth-order valence-corrected chi connectivity index (χ4v) is 4.65. The summed E-state index contributed by atoms with van der Waals surface area (Å²) >= 11 is 0. The number of hydrogen-bond acceptors (Lipinski definition) is 6. The van der Waals surface area contributed by atoms with Crippen LogP contribution in [0.5, 0.6) is 5.75 Å². The molecular weight excluding hydrogens is 514 g/mol. The molecular formula is C35H33NO5. The molecule has 1 aromatic heterocycles.